The van der Waals surface area contributed by atoms with E-state index in [1.54, 1.807) is 18.3 Å². The van der Waals surface area contributed by atoms with Gasteiger partial charge in [0.15, 0.2) is 5.82 Å². The van der Waals surface area contributed by atoms with Crippen LogP contribution in [0.15, 0.2) is 42.6 Å². The van der Waals surface area contributed by atoms with Crippen molar-refractivity contribution in [2.45, 2.75) is 25.7 Å². The molecule has 0 saturated carbocycles. The molecule has 0 bridgehead atoms. The highest BCUT2D eigenvalue weighted by Crippen LogP contribution is 2.35. The lowest BCUT2D eigenvalue weighted by molar-refractivity contribution is -0.117. The SMILES string of the molecule is CC(=O)Nc1cccnc1NC(=O)CC1CCOc2ccccc21. The zero-order valence-corrected chi connectivity index (χ0v) is 13.4. The second-order valence-electron chi connectivity index (χ2n) is 5.70. The molecular weight excluding hydrogens is 306 g/mol. The van der Waals surface area contributed by atoms with E-state index in [4.69, 9.17) is 4.74 Å². The van der Waals surface area contributed by atoms with Gasteiger partial charge in [0.1, 0.15) is 5.75 Å². The average Bonchev–Trinajstić information content (AvgIpc) is 2.56. The van der Waals surface area contributed by atoms with E-state index < -0.39 is 0 Å². The number of benzene rings is 1. The fraction of sp³-hybridized carbons (Fsp3) is 0.278. The minimum atomic E-state index is -0.211. The molecule has 2 aromatic rings. The number of carbonyl (C=O) groups excluding carboxylic acids is 2. The predicted octanol–water partition coefficient (Wildman–Crippen LogP) is 2.93. The molecule has 1 aliphatic rings. The monoisotopic (exact) mass is 325 g/mol. The molecule has 1 unspecified atom stereocenters. The number of anilines is 2. The molecule has 0 aliphatic carbocycles. The molecule has 1 aliphatic heterocycles. The summed E-state index contributed by atoms with van der Waals surface area (Å²) in [5, 5.41) is 5.45. The van der Waals surface area contributed by atoms with E-state index in [0.717, 1.165) is 17.7 Å². The third-order valence-electron chi connectivity index (χ3n) is 3.89. The van der Waals surface area contributed by atoms with Crippen molar-refractivity contribution >= 4 is 23.3 Å². The van der Waals surface area contributed by atoms with Gasteiger partial charge in [-0.25, -0.2) is 4.98 Å². The largest absolute Gasteiger partial charge is 0.493 e. The molecule has 0 fully saturated rings. The van der Waals surface area contributed by atoms with Crippen LogP contribution in [-0.2, 0) is 9.59 Å². The molecule has 6 nitrogen and oxygen atoms in total. The molecule has 6 heteroatoms. The molecular formula is C18H19N3O3. The first-order chi connectivity index (χ1) is 11.6. The number of hydrogen-bond donors (Lipinski definition) is 2. The zero-order chi connectivity index (χ0) is 16.9. The summed E-state index contributed by atoms with van der Waals surface area (Å²) in [5.41, 5.74) is 1.55. The second kappa shape index (κ2) is 7.12. The number of pyridine rings is 1. The lowest BCUT2D eigenvalue weighted by Gasteiger charge is -2.25. The Morgan fingerprint density at radius 1 is 1.21 bits per heavy atom. The van der Waals surface area contributed by atoms with Gasteiger partial charge >= 0.3 is 0 Å². The molecule has 2 heterocycles. The molecule has 0 spiro atoms. The molecule has 1 aromatic heterocycles. The maximum atomic E-state index is 12.4. The number of rotatable bonds is 4. The van der Waals surface area contributed by atoms with Crippen LogP contribution >= 0.6 is 0 Å². The molecule has 0 saturated heterocycles. The van der Waals surface area contributed by atoms with Crippen LogP contribution < -0.4 is 15.4 Å². The minimum Gasteiger partial charge on any atom is -0.493 e. The average molecular weight is 325 g/mol. The summed E-state index contributed by atoms with van der Waals surface area (Å²) >= 11 is 0. The van der Waals surface area contributed by atoms with Crippen LogP contribution in [0.5, 0.6) is 5.75 Å². The summed E-state index contributed by atoms with van der Waals surface area (Å²) < 4.78 is 5.62. The van der Waals surface area contributed by atoms with Crippen molar-refractivity contribution in [3.63, 3.8) is 0 Å². The number of amides is 2. The molecule has 1 atom stereocenters. The van der Waals surface area contributed by atoms with E-state index in [-0.39, 0.29) is 17.7 Å². The van der Waals surface area contributed by atoms with Crippen molar-refractivity contribution in [1.29, 1.82) is 0 Å². The minimum absolute atomic E-state index is 0.114. The summed E-state index contributed by atoms with van der Waals surface area (Å²) in [5.74, 6) is 0.970. The normalized spacial score (nSPS) is 15.8. The van der Waals surface area contributed by atoms with E-state index >= 15 is 0 Å². The van der Waals surface area contributed by atoms with Crippen molar-refractivity contribution in [2.24, 2.45) is 0 Å². The van der Waals surface area contributed by atoms with Crippen molar-refractivity contribution in [2.75, 3.05) is 17.2 Å². The van der Waals surface area contributed by atoms with E-state index in [9.17, 15) is 9.59 Å². The molecule has 124 valence electrons. The Balaban J connectivity index is 1.70. The van der Waals surface area contributed by atoms with Gasteiger partial charge in [-0.05, 0) is 36.1 Å². The van der Waals surface area contributed by atoms with Crippen LogP contribution in [0.25, 0.3) is 0 Å². The van der Waals surface area contributed by atoms with Gasteiger partial charge in [-0.2, -0.15) is 0 Å². The Morgan fingerprint density at radius 2 is 2.04 bits per heavy atom. The number of carbonyl (C=O) groups is 2. The van der Waals surface area contributed by atoms with E-state index in [1.165, 1.54) is 6.92 Å². The summed E-state index contributed by atoms with van der Waals surface area (Å²) in [6, 6.07) is 11.2. The lowest BCUT2D eigenvalue weighted by atomic mass is 9.90. The van der Waals surface area contributed by atoms with Crippen LogP contribution in [0.2, 0.25) is 0 Å². The fourth-order valence-corrected chi connectivity index (χ4v) is 2.83. The quantitative estimate of drug-likeness (QED) is 0.906. The third-order valence-corrected chi connectivity index (χ3v) is 3.89. The van der Waals surface area contributed by atoms with Gasteiger partial charge in [0.05, 0.1) is 12.3 Å². The van der Waals surface area contributed by atoms with Gasteiger partial charge in [0.25, 0.3) is 0 Å². The number of ether oxygens (including phenoxy) is 1. The van der Waals surface area contributed by atoms with Crippen LogP contribution in [0.1, 0.15) is 31.2 Å². The predicted molar refractivity (Wildman–Crippen MR) is 91.1 cm³/mol. The second-order valence-corrected chi connectivity index (χ2v) is 5.70. The van der Waals surface area contributed by atoms with Crippen molar-refractivity contribution < 1.29 is 14.3 Å². The Bertz CT molecular complexity index is 761. The topological polar surface area (TPSA) is 80.3 Å². The maximum Gasteiger partial charge on any atom is 0.226 e. The van der Waals surface area contributed by atoms with Crippen LogP contribution in [-0.4, -0.2) is 23.4 Å². The van der Waals surface area contributed by atoms with Crippen LogP contribution in [0, 0.1) is 0 Å². The molecule has 2 N–H and O–H groups in total. The number of nitrogens with one attached hydrogen (secondary N) is 2. The van der Waals surface area contributed by atoms with E-state index in [1.807, 2.05) is 24.3 Å². The molecule has 1 aromatic carbocycles. The first-order valence-electron chi connectivity index (χ1n) is 7.87. The molecule has 0 radical (unpaired) electrons. The van der Waals surface area contributed by atoms with Gasteiger partial charge in [-0.1, -0.05) is 18.2 Å². The summed E-state index contributed by atoms with van der Waals surface area (Å²) in [6.07, 6.45) is 2.71. The molecule has 3 rings (SSSR count). The Morgan fingerprint density at radius 3 is 2.88 bits per heavy atom. The summed E-state index contributed by atoms with van der Waals surface area (Å²) in [6.45, 7) is 2.02. The fourth-order valence-electron chi connectivity index (χ4n) is 2.83. The summed E-state index contributed by atoms with van der Waals surface area (Å²) in [4.78, 5) is 27.8. The lowest BCUT2D eigenvalue weighted by Crippen LogP contribution is -2.21. The molecule has 24 heavy (non-hydrogen) atoms. The van der Waals surface area contributed by atoms with Gasteiger partial charge in [0, 0.05) is 19.5 Å². The number of nitrogens with zero attached hydrogens (tertiary/aromatic N) is 1. The zero-order valence-electron chi connectivity index (χ0n) is 13.4. The van der Waals surface area contributed by atoms with Gasteiger partial charge in [-0.3, -0.25) is 9.59 Å². The van der Waals surface area contributed by atoms with Crippen LogP contribution in [0.4, 0.5) is 11.5 Å². The smallest absolute Gasteiger partial charge is 0.226 e. The number of fused-ring (bicyclic) bond motifs is 1. The Kier molecular flexibility index (Phi) is 4.74. The summed E-state index contributed by atoms with van der Waals surface area (Å²) in [7, 11) is 0. The first kappa shape index (κ1) is 16.0. The highest BCUT2D eigenvalue weighted by Gasteiger charge is 2.24. The van der Waals surface area contributed by atoms with Crippen molar-refractivity contribution in [3.8, 4) is 5.75 Å². The van der Waals surface area contributed by atoms with Crippen LogP contribution in [0.3, 0.4) is 0 Å². The van der Waals surface area contributed by atoms with E-state index in [2.05, 4.69) is 15.6 Å². The molecule has 2 amide bonds. The van der Waals surface area contributed by atoms with Crippen molar-refractivity contribution in [3.05, 3.63) is 48.2 Å². The third kappa shape index (κ3) is 3.71. The van der Waals surface area contributed by atoms with E-state index in [0.29, 0.717) is 24.5 Å². The standard InChI is InChI=1S/C18H19N3O3/c1-12(22)20-15-6-4-9-19-18(15)21-17(23)11-13-8-10-24-16-7-3-2-5-14(13)16/h2-7,9,13H,8,10-11H2,1H3,(H,20,22)(H,19,21,23). The number of para-hydroxylation sites is 1. The van der Waals surface area contributed by atoms with Gasteiger partial charge in [-0.15, -0.1) is 0 Å². The maximum absolute atomic E-state index is 12.4. The Hall–Kier alpha value is -2.89. The van der Waals surface area contributed by atoms with Gasteiger partial charge in [0.2, 0.25) is 11.8 Å². The number of hydrogen-bond acceptors (Lipinski definition) is 4. The first-order valence-corrected chi connectivity index (χ1v) is 7.87. The highest BCUT2D eigenvalue weighted by molar-refractivity contribution is 5.97. The number of aromatic nitrogens is 1. The van der Waals surface area contributed by atoms with Gasteiger partial charge < -0.3 is 15.4 Å². The highest BCUT2D eigenvalue weighted by atomic mass is 16.5. The van der Waals surface area contributed by atoms with Crippen molar-refractivity contribution in [1.82, 2.24) is 4.98 Å². The Labute approximate surface area is 140 Å².